The molecule has 1 unspecified atom stereocenters. The molecule has 12 heteroatoms. The van der Waals surface area contributed by atoms with Crippen molar-refractivity contribution >= 4 is 27.5 Å². The molecule has 1 saturated heterocycles. The van der Waals surface area contributed by atoms with E-state index in [0.29, 0.717) is 31.9 Å². The van der Waals surface area contributed by atoms with E-state index >= 15 is 0 Å². The highest BCUT2D eigenvalue weighted by molar-refractivity contribution is 7.92. The number of amides is 2. The number of carbonyl (C=O) groups excluding carboxylic acids is 2. The Balaban J connectivity index is 1.30. The number of rotatable bonds is 14. The number of ether oxygens (including phenoxy) is 2. The minimum Gasteiger partial charge on any atom is -0.484 e. The molecule has 1 aliphatic heterocycles. The minimum atomic E-state index is -3.95. The zero-order valence-electron chi connectivity index (χ0n) is 25.8. The van der Waals surface area contributed by atoms with Crippen LogP contribution in [0.5, 0.6) is 5.75 Å². The normalized spacial score (nSPS) is 14.1. The molecular weight excluding hydrogens is 623 g/mol. The Morgan fingerprint density at radius 2 is 1.51 bits per heavy atom. The Morgan fingerprint density at radius 3 is 2.17 bits per heavy atom. The molecule has 1 aliphatic rings. The van der Waals surface area contributed by atoms with Gasteiger partial charge >= 0.3 is 0 Å². The molecule has 0 aromatic heterocycles. The number of halogens is 1. The van der Waals surface area contributed by atoms with Crippen LogP contribution in [0.2, 0.25) is 0 Å². The van der Waals surface area contributed by atoms with E-state index in [0.717, 1.165) is 30.8 Å². The van der Waals surface area contributed by atoms with Crippen LogP contribution in [0.1, 0.15) is 17.2 Å². The SMILES string of the molecule is O=C(NCCN1CCOCC1)C(c1ccccc1)N(Cc1ccccc1)C(=O)COc1ccc(S(=O)(=O)Nc2ccc(F)cc2)cc1. The lowest BCUT2D eigenvalue weighted by Crippen LogP contribution is -2.47. The number of nitrogens with one attached hydrogen (secondary N) is 2. The number of hydrogen-bond acceptors (Lipinski definition) is 7. The molecule has 0 radical (unpaired) electrons. The number of morpholine rings is 1. The summed E-state index contributed by atoms with van der Waals surface area (Å²) in [7, 11) is -3.95. The molecule has 0 bridgehead atoms. The first-order chi connectivity index (χ1) is 22.8. The number of anilines is 1. The quantitative estimate of drug-likeness (QED) is 0.208. The van der Waals surface area contributed by atoms with Crippen LogP contribution in [0, 0.1) is 5.82 Å². The average Bonchev–Trinajstić information content (AvgIpc) is 3.09. The Bertz CT molecular complexity index is 1700. The van der Waals surface area contributed by atoms with E-state index in [4.69, 9.17) is 9.47 Å². The van der Waals surface area contributed by atoms with Gasteiger partial charge in [0, 0.05) is 38.4 Å². The van der Waals surface area contributed by atoms with Gasteiger partial charge in [-0.05, 0) is 59.7 Å². The number of benzene rings is 4. The lowest BCUT2D eigenvalue weighted by atomic mass is 10.0. The van der Waals surface area contributed by atoms with Crippen molar-refractivity contribution in [1.29, 1.82) is 0 Å². The van der Waals surface area contributed by atoms with Crippen LogP contribution < -0.4 is 14.8 Å². The summed E-state index contributed by atoms with van der Waals surface area (Å²) < 4.78 is 52.5. The Morgan fingerprint density at radius 1 is 0.872 bits per heavy atom. The highest BCUT2D eigenvalue weighted by Gasteiger charge is 2.32. The molecule has 4 aromatic carbocycles. The first-order valence-corrected chi connectivity index (χ1v) is 16.7. The van der Waals surface area contributed by atoms with E-state index in [1.807, 2.05) is 60.7 Å². The lowest BCUT2D eigenvalue weighted by Gasteiger charge is -2.32. The summed E-state index contributed by atoms with van der Waals surface area (Å²) in [5, 5.41) is 3.03. The first kappa shape index (κ1) is 33.6. The predicted molar refractivity (Wildman–Crippen MR) is 176 cm³/mol. The van der Waals surface area contributed by atoms with Crippen LogP contribution in [-0.2, 0) is 30.9 Å². The van der Waals surface area contributed by atoms with Gasteiger partial charge in [0.2, 0.25) is 5.91 Å². The van der Waals surface area contributed by atoms with Crippen LogP contribution in [0.3, 0.4) is 0 Å². The van der Waals surface area contributed by atoms with Crippen LogP contribution in [-0.4, -0.2) is 76.0 Å². The highest BCUT2D eigenvalue weighted by atomic mass is 32.2. The topological polar surface area (TPSA) is 117 Å². The maximum Gasteiger partial charge on any atom is 0.261 e. The Labute approximate surface area is 274 Å². The molecule has 0 spiro atoms. The van der Waals surface area contributed by atoms with Crippen molar-refractivity contribution in [2.24, 2.45) is 0 Å². The third-order valence-electron chi connectivity index (χ3n) is 7.62. The van der Waals surface area contributed by atoms with E-state index in [2.05, 4.69) is 14.9 Å². The van der Waals surface area contributed by atoms with Gasteiger partial charge in [0.05, 0.1) is 18.1 Å². The summed E-state index contributed by atoms with van der Waals surface area (Å²) in [6.45, 7) is 3.76. The van der Waals surface area contributed by atoms with Crippen molar-refractivity contribution in [2.75, 3.05) is 50.7 Å². The van der Waals surface area contributed by atoms with Gasteiger partial charge in [0.15, 0.2) is 6.61 Å². The van der Waals surface area contributed by atoms with Gasteiger partial charge < -0.3 is 19.7 Å². The Kier molecular flexibility index (Phi) is 11.6. The van der Waals surface area contributed by atoms with Crippen molar-refractivity contribution < 1.29 is 31.9 Å². The van der Waals surface area contributed by atoms with E-state index in [9.17, 15) is 22.4 Å². The smallest absolute Gasteiger partial charge is 0.261 e. The number of sulfonamides is 1. The van der Waals surface area contributed by atoms with Gasteiger partial charge in [-0.2, -0.15) is 0 Å². The van der Waals surface area contributed by atoms with Crippen molar-refractivity contribution in [2.45, 2.75) is 17.5 Å². The summed E-state index contributed by atoms with van der Waals surface area (Å²) in [5.74, 6) is -0.951. The molecule has 0 saturated carbocycles. The molecule has 0 aliphatic carbocycles. The maximum absolute atomic E-state index is 13.9. The number of nitrogens with zero attached hydrogens (tertiary/aromatic N) is 2. The maximum atomic E-state index is 13.9. The molecule has 1 fully saturated rings. The van der Waals surface area contributed by atoms with Gasteiger partial charge in [-0.3, -0.25) is 19.2 Å². The van der Waals surface area contributed by atoms with Crippen molar-refractivity contribution in [3.63, 3.8) is 0 Å². The fourth-order valence-corrected chi connectivity index (χ4v) is 6.20. The second-order valence-corrected chi connectivity index (χ2v) is 12.6. The van der Waals surface area contributed by atoms with Gasteiger partial charge in [0.25, 0.3) is 15.9 Å². The standard InChI is InChI=1S/C35H37FN4O6S/c36-29-11-13-30(14-12-29)38-47(43,44)32-17-15-31(16-18-32)46-26-33(41)40(25-27-7-3-1-4-8-27)34(28-9-5-2-6-10-28)35(42)37-19-20-39-21-23-45-24-22-39/h1-18,34,38H,19-26H2,(H,37,42). The van der Waals surface area contributed by atoms with Gasteiger partial charge in [-0.1, -0.05) is 60.7 Å². The monoisotopic (exact) mass is 660 g/mol. The minimum absolute atomic E-state index is 0.0379. The average molecular weight is 661 g/mol. The molecule has 4 aromatic rings. The molecule has 1 heterocycles. The first-order valence-electron chi connectivity index (χ1n) is 15.3. The summed E-state index contributed by atoms with van der Waals surface area (Å²) in [4.78, 5) is 31.4. The largest absolute Gasteiger partial charge is 0.484 e. The van der Waals surface area contributed by atoms with Crippen molar-refractivity contribution in [3.05, 3.63) is 126 Å². The summed E-state index contributed by atoms with van der Waals surface area (Å²) >= 11 is 0. The van der Waals surface area contributed by atoms with Gasteiger partial charge in [0.1, 0.15) is 17.6 Å². The molecular formula is C35H37FN4O6S. The molecule has 47 heavy (non-hydrogen) atoms. The third kappa shape index (κ3) is 9.61. The predicted octanol–water partition coefficient (Wildman–Crippen LogP) is 4.22. The zero-order chi connectivity index (χ0) is 33.1. The summed E-state index contributed by atoms with van der Waals surface area (Å²) in [6.07, 6.45) is 0. The van der Waals surface area contributed by atoms with E-state index in [1.165, 1.54) is 41.3 Å². The fraction of sp³-hybridized carbons (Fsp3) is 0.257. The highest BCUT2D eigenvalue weighted by Crippen LogP contribution is 2.25. The second kappa shape index (κ2) is 16.2. The van der Waals surface area contributed by atoms with Crippen LogP contribution in [0.25, 0.3) is 0 Å². The summed E-state index contributed by atoms with van der Waals surface area (Å²) in [5.41, 5.74) is 1.71. The third-order valence-corrected chi connectivity index (χ3v) is 9.01. The Hall–Kier alpha value is -4.78. The van der Waals surface area contributed by atoms with Gasteiger partial charge in [-0.15, -0.1) is 0 Å². The molecule has 2 amide bonds. The van der Waals surface area contributed by atoms with Crippen LogP contribution >= 0.6 is 0 Å². The number of hydrogen-bond donors (Lipinski definition) is 2. The molecule has 2 N–H and O–H groups in total. The van der Waals surface area contributed by atoms with Crippen LogP contribution in [0.4, 0.5) is 10.1 Å². The summed E-state index contributed by atoms with van der Waals surface area (Å²) in [6, 6.07) is 28.2. The fourth-order valence-electron chi connectivity index (χ4n) is 5.15. The second-order valence-electron chi connectivity index (χ2n) is 10.9. The van der Waals surface area contributed by atoms with Crippen molar-refractivity contribution in [3.8, 4) is 5.75 Å². The lowest BCUT2D eigenvalue weighted by molar-refractivity contribution is -0.143. The van der Waals surface area contributed by atoms with E-state index in [1.54, 1.807) is 0 Å². The van der Waals surface area contributed by atoms with Crippen LogP contribution in [0.15, 0.2) is 114 Å². The zero-order valence-corrected chi connectivity index (χ0v) is 26.6. The molecule has 10 nitrogen and oxygen atoms in total. The van der Waals surface area contributed by atoms with E-state index < -0.39 is 34.4 Å². The number of carbonyl (C=O) groups is 2. The molecule has 1 atom stereocenters. The van der Waals surface area contributed by atoms with Gasteiger partial charge in [-0.25, -0.2) is 12.8 Å². The van der Waals surface area contributed by atoms with Crippen molar-refractivity contribution in [1.82, 2.24) is 15.1 Å². The molecule has 5 rings (SSSR count). The molecule has 246 valence electrons. The van der Waals surface area contributed by atoms with E-state index in [-0.39, 0.29) is 28.8 Å².